The van der Waals surface area contributed by atoms with E-state index in [4.69, 9.17) is 5.11 Å². The number of para-hydroxylation sites is 1. The Morgan fingerprint density at radius 1 is 0.947 bits per heavy atom. The smallest absolute Gasteiger partial charge is 0.166 e. The molecule has 3 N–H and O–H groups in total. The van der Waals surface area contributed by atoms with Gasteiger partial charge >= 0.3 is 0 Å². The Labute approximate surface area is 110 Å². The highest BCUT2D eigenvalue weighted by Gasteiger charge is 2.11. The molecule has 0 aliphatic rings. The summed E-state index contributed by atoms with van der Waals surface area (Å²) in [5.74, 6) is -0.286. The van der Waals surface area contributed by atoms with Crippen LogP contribution in [0.3, 0.4) is 0 Å². The third kappa shape index (κ3) is 3.04. The highest BCUT2D eigenvalue weighted by molar-refractivity contribution is 5.98. The molecule has 19 heavy (non-hydrogen) atoms. The fourth-order valence-electron chi connectivity index (χ4n) is 1.86. The summed E-state index contributed by atoms with van der Waals surface area (Å²) in [6.07, 6.45) is 0.523. The van der Waals surface area contributed by atoms with Crippen molar-refractivity contribution in [3.63, 3.8) is 0 Å². The van der Waals surface area contributed by atoms with Crippen molar-refractivity contribution in [1.29, 1.82) is 0 Å². The van der Waals surface area contributed by atoms with Crippen LogP contribution in [0.4, 0.5) is 0 Å². The highest BCUT2D eigenvalue weighted by Crippen LogP contribution is 2.25. The van der Waals surface area contributed by atoms with E-state index in [2.05, 4.69) is 0 Å². The third-order valence-electron chi connectivity index (χ3n) is 2.89. The molecule has 98 valence electrons. The van der Waals surface area contributed by atoms with Crippen molar-refractivity contribution >= 4 is 5.78 Å². The minimum absolute atomic E-state index is 0.0201. The maximum atomic E-state index is 11.9. The molecule has 0 bridgehead atoms. The van der Waals surface area contributed by atoms with Crippen LogP contribution in [0, 0.1) is 0 Å². The maximum absolute atomic E-state index is 11.9. The Hall–Kier alpha value is -2.49. The highest BCUT2D eigenvalue weighted by atomic mass is 16.3. The Morgan fingerprint density at radius 3 is 2.37 bits per heavy atom. The number of hydrogen-bond acceptors (Lipinski definition) is 4. The van der Waals surface area contributed by atoms with E-state index >= 15 is 0 Å². The number of aryl methyl sites for hydroxylation is 1. The molecular weight excluding hydrogens is 244 g/mol. The first-order valence-corrected chi connectivity index (χ1v) is 5.90. The van der Waals surface area contributed by atoms with Crippen molar-refractivity contribution < 1.29 is 20.1 Å². The van der Waals surface area contributed by atoms with Crippen molar-refractivity contribution in [3.8, 4) is 17.2 Å². The number of ketones is 1. The molecule has 0 spiro atoms. The van der Waals surface area contributed by atoms with Gasteiger partial charge in [0, 0.05) is 12.5 Å². The molecule has 0 saturated carbocycles. The fourth-order valence-corrected chi connectivity index (χ4v) is 1.86. The summed E-state index contributed by atoms with van der Waals surface area (Å²) in [6.45, 7) is 0. The van der Waals surface area contributed by atoms with Gasteiger partial charge in [-0.2, -0.15) is 0 Å². The molecule has 0 aromatic heterocycles. The number of phenols is 3. The van der Waals surface area contributed by atoms with Crippen LogP contribution in [0.15, 0.2) is 42.5 Å². The number of carbonyl (C=O) groups is 1. The van der Waals surface area contributed by atoms with E-state index in [-0.39, 0.29) is 35.0 Å². The van der Waals surface area contributed by atoms with Gasteiger partial charge in [-0.1, -0.05) is 18.2 Å². The van der Waals surface area contributed by atoms with Crippen LogP contribution in [-0.2, 0) is 6.42 Å². The van der Waals surface area contributed by atoms with Crippen LogP contribution >= 0.6 is 0 Å². The van der Waals surface area contributed by atoms with Crippen LogP contribution in [0.1, 0.15) is 22.3 Å². The first-order valence-electron chi connectivity index (χ1n) is 5.90. The number of Topliss-reactive ketones (excluding diaryl/α,β-unsaturated/α-hetero) is 1. The predicted octanol–water partition coefficient (Wildman–Crippen LogP) is 2.62. The van der Waals surface area contributed by atoms with Crippen LogP contribution < -0.4 is 0 Å². The summed E-state index contributed by atoms with van der Waals surface area (Å²) >= 11 is 0. The quantitative estimate of drug-likeness (QED) is 0.737. The monoisotopic (exact) mass is 258 g/mol. The van der Waals surface area contributed by atoms with E-state index in [1.807, 2.05) is 0 Å². The lowest BCUT2D eigenvalue weighted by molar-refractivity contribution is 0.0980. The minimum atomic E-state index is -0.189. The number of rotatable bonds is 4. The second-order valence-electron chi connectivity index (χ2n) is 4.25. The van der Waals surface area contributed by atoms with Gasteiger partial charge in [0.1, 0.15) is 17.2 Å². The minimum Gasteiger partial charge on any atom is -0.508 e. The summed E-state index contributed by atoms with van der Waals surface area (Å²) in [5, 5.41) is 28.3. The van der Waals surface area contributed by atoms with E-state index < -0.39 is 0 Å². The zero-order valence-electron chi connectivity index (χ0n) is 10.2. The van der Waals surface area contributed by atoms with E-state index in [0.29, 0.717) is 12.0 Å². The summed E-state index contributed by atoms with van der Waals surface area (Å²) in [4.78, 5) is 11.9. The van der Waals surface area contributed by atoms with Crippen LogP contribution in [0.2, 0.25) is 0 Å². The van der Waals surface area contributed by atoms with Crippen molar-refractivity contribution in [2.45, 2.75) is 12.8 Å². The third-order valence-corrected chi connectivity index (χ3v) is 2.89. The van der Waals surface area contributed by atoms with Crippen molar-refractivity contribution in [2.24, 2.45) is 0 Å². The molecule has 2 aromatic rings. The topological polar surface area (TPSA) is 77.8 Å². The standard InChI is InChI=1S/C15H14O4/c16-11-7-5-10(15(19)9-11)6-8-14(18)12-3-1-2-4-13(12)17/h1-5,7,9,16-17,19H,6,8H2. The van der Waals surface area contributed by atoms with E-state index in [1.54, 1.807) is 24.3 Å². The molecule has 4 nitrogen and oxygen atoms in total. The van der Waals surface area contributed by atoms with Gasteiger partial charge in [-0.05, 0) is 30.2 Å². The Balaban J connectivity index is 2.07. The van der Waals surface area contributed by atoms with Crippen molar-refractivity contribution in [1.82, 2.24) is 0 Å². The average Bonchev–Trinajstić information content (AvgIpc) is 2.38. The normalized spacial score (nSPS) is 10.3. The van der Waals surface area contributed by atoms with Gasteiger partial charge in [0.15, 0.2) is 5.78 Å². The van der Waals surface area contributed by atoms with Gasteiger partial charge in [0.05, 0.1) is 5.56 Å². The second-order valence-corrected chi connectivity index (χ2v) is 4.25. The van der Waals surface area contributed by atoms with Crippen molar-refractivity contribution in [2.75, 3.05) is 0 Å². The number of phenolic OH excluding ortho intramolecular Hbond substituents is 3. The maximum Gasteiger partial charge on any atom is 0.166 e. The predicted molar refractivity (Wildman–Crippen MR) is 70.5 cm³/mol. The number of benzene rings is 2. The lowest BCUT2D eigenvalue weighted by atomic mass is 10.0. The summed E-state index contributed by atoms with van der Waals surface area (Å²) in [7, 11) is 0. The molecule has 0 aliphatic heterocycles. The van der Waals surface area contributed by atoms with Gasteiger partial charge in [0.25, 0.3) is 0 Å². The molecule has 0 aliphatic carbocycles. The van der Waals surface area contributed by atoms with Gasteiger partial charge in [-0.3, -0.25) is 4.79 Å². The van der Waals surface area contributed by atoms with E-state index in [0.717, 1.165) is 0 Å². The van der Waals surface area contributed by atoms with Crippen molar-refractivity contribution in [3.05, 3.63) is 53.6 Å². The molecule has 0 saturated heterocycles. The lowest BCUT2D eigenvalue weighted by Gasteiger charge is -2.06. The van der Waals surface area contributed by atoms with Gasteiger partial charge < -0.3 is 15.3 Å². The molecule has 0 fully saturated rings. The molecule has 0 unspecified atom stereocenters. The molecule has 0 heterocycles. The van der Waals surface area contributed by atoms with E-state index in [1.165, 1.54) is 18.2 Å². The summed E-state index contributed by atoms with van der Waals surface area (Å²) < 4.78 is 0. The Kier molecular flexibility index (Phi) is 3.71. The van der Waals surface area contributed by atoms with Crippen LogP contribution in [0.5, 0.6) is 17.2 Å². The Bertz CT molecular complexity index is 605. The zero-order valence-corrected chi connectivity index (χ0v) is 10.2. The summed E-state index contributed by atoms with van der Waals surface area (Å²) in [6, 6.07) is 10.6. The molecule has 2 rings (SSSR count). The number of hydrogen-bond donors (Lipinski definition) is 3. The van der Waals surface area contributed by atoms with E-state index in [9.17, 15) is 15.0 Å². The van der Waals surface area contributed by atoms with Gasteiger partial charge in [-0.15, -0.1) is 0 Å². The fraction of sp³-hybridized carbons (Fsp3) is 0.133. The second kappa shape index (κ2) is 5.44. The van der Waals surface area contributed by atoms with Gasteiger partial charge in [0.2, 0.25) is 0 Å². The molecular formula is C15H14O4. The Morgan fingerprint density at radius 2 is 1.68 bits per heavy atom. The van der Waals surface area contributed by atoms with Gasteiger partial charge in [-0.25, -0.2) is 0 Å². The number of carbonyl (C=O) groups excluding carboxylic acids is 1. The molecule has 2 aromatic carbocycles. The molecule has 4 heteroatoms. The van der Waals surface area contributed by atoms with Crippen LogP contribution in [0.25, 0.3) is 0 Å². The number of aromatic hydroxyl groups is 3. The van der Waals surface area contributed by atoms with Crippen LogP contribution in [-0.4, -0.2) is 21.1 Å². The lowest BCUT2D eigenvalue weighted by Crippen LogP contribution is -2.01. The first kappa shape index (κ1) is 13.0. The summed E-state index contributed by atoms with van der Waals surface area (Å²) in [5.41, 5.74) is 0.863. The molecule has 0 radical (unpaired) electrons. The zero-order chi connectivity index (χ0) is 13.8. The first-order chi connectivity index (χ1) is 9.08. The SMILES string of the molecule is O=C(CCc1ccc(O)cc1O)c1ccccc1O. The molecule has 0 amide bonds. The largest absolute Gasteiger partial charge is 0.508 e. The average molecular weight is 258 g/mol. The molecule has 0 atom stereocenters.